The molecule has 0 saturated heterocycles. The Morgan fingerprint density at radius 2 is 1.76 bits per heavy atom. The van der Waals surface area contributed by atoms with Crippen molar-refractivity contribution in [2.75, 3.05) is 0 Å². The minimum atomic E-state index is -1.03. The topological polar surface area (TPSA) is 66.4 Å². The summed E-state index contributed by atoms with van der Waals surface area (Å²) in [6.07, 6.45) is 0.733. The van der Waals surface area contributed by atoms with E-state index in [0.717, 1.165) is 12.0 Å². The average Bonchev–Trinajstić information content (AvgIpc) is 2.38. The summed E-state index contributed by atoms with van der Waals surface area (Å²) < 4.78 is 0. The normalized spacial score (nSPS) is 15.3. The fourth-order valence-corrected chi connectivity index (χ4v) is 2.20. The van der Waals surface area contributed by atoms with Crippen LogP contribution in [0.3, 0.4) is 0 Å². The van der Waals surface area contributed by atoms with E-state index >= 15 is 0 Å². The van der Waals surface area contributed by atoms with Crippen LogP contribution in [0.25, 0.3) is 0 Å². The van der Waals surface area contributed by atoms with Gasteiger partial charge in [-0.3, -0.25) is 9.59 Å². The van der Waals surface area contributed by atoms with Gasteiger partial charge in [0.2, 0.25) is 5.91 Å². The Morgan fingerprint density at radius 3 is 2.24 bits per heavy atom. The van der Waals surface area contributed by atoms with Gasteiger partial charge in [-0.25, -0.2) is 0 Å². The molecule has 2 N–H and O–H groups in total. The maximum Gasteiger partial charge on any atom is 0.310 e. The molecule has 2 atom stereocenters. The molecule has 0 aliphatic carbocycles. The van der Waals surface area contributed by atoms with Gasteiger partial charge in [-0.05, 0) is 31.7 Å². The molecule has 0 bridgehead atoms. The lowest BCUT2D eigenvalue weighted by Gasteiger charge is -2.29. The van der Waals surface area contributed by atoms with E-state index < -0.39 is 11.4 Å². The van der Waals surface area contributed by atoms with E-state index in [-0.39, 0.29) is 24.3 Å². The van der Waals surface area contributed by atoms with Crippen LogP contribution < -0.4 is 5.32 Å². The van der Waals surface area contributed by atoms with Crippen LogP contribution in [0.5, 0.6) is 0 Å². The lowest BCUT2D eigenvalue weighted by molar-refractivity contribution is -0.153. The average molecular weight is 291 g/mol. The van der Waals surface area contributed by atoms with Crippen LogP contribution in [0, 0.1) is 11.3 Å². The molecule has 0 heterocycles. The number of amides is 1. The highest BCUT2D eigenvalue weighted by molar-refractivity contribution is 5.85. The van der Waals surface area contributed by atoms with E-state index in [1.165, 1.54) is 0 Å². The standard InChI is InChI=1S/C17H25NO3/c1-12(2)17(4,16(20)21)11-15(19)18-13(3)10-14-8-6-5-7-9-14/h5-9,12-13H,10-11H2,1-4H3,(H,18,19)(H,20,21). The Labute approximate surface area is 126 Å². The molecule has 21 heavy (non-hydrogen) atoms. The van der Waals surface area contributed by atoms with Crippen molar-refractivity contribution in [2.45, 2.75) is 46.6 Å². The third-order valence-corrected chi connectivity index (χ3v) is 4.08. The fraction of sp³-hybridized carbons (Fsp3) is 0.529. The molecule has 116 valence electrons. The Hall–Kier alpha value is -1.84. The van der Waals surface area contributed by atoms with Crippen LogP contribution in [0.15, 0.2) is 30.3 Å². The number of benzene rings is 1. The van der Waals surface area contributed by atoms with Crippen molar-refractivity contribution >= 4 is 11.9 Å². The van der Waals surface area contributed by atoms with E-state index in [1.54, 1.807) is 6.92 Å². The summed E-state index contributed by atoms with van der Waals surface area (Å²) >= 11 is 0. The van der Waals surface area contributed by atoms with Crippen LogP contribution in [0.2, 0.25) is 0 Å². The van der Waals surface area contributed by atoms with E-state index in [1.807, 2.05) is 51.1 Å². The van der Waals surface area contributed by atoms with E-state index in [0.29, 0.717) is 0 Å². The highest BCUT2D eigenvalue weighted by atomic mass is 16.4. The third-order valence-electron chi connectivity index (χ3n) is 4.08. The molecule has 4 nitrogen and oxygen atoms in total. The minimum absolute atomic E-state index is 0.000863. The van der Waals surface area contributed by atoms with Gasteiger partial charge in [0.25, 0.3) is 0 Å². The van der Waals surface area contributed by atoms with Gasteiger partial charge in [0.15, 0.2) is 0 Å². The van der Waals surface area contributed by atoms with Crippen molar-refractivity contribution in [2.24, 2.45) is 11.3 Å². The highest BCUT2D eigenvalue weighted by Gasteiger charge is 2.38. The molecule has 2 unspecified atom stereocenters. The predicted molar refractivity (Wildman–Crippen MR) is 82.9 cm³/mol. The lowest BCUT2D eigenvalue weighted by atomic mass is 9.76. The summed E-state index contributed by atoms with van der Waals surface area (Å²) in [7, 11) is 0. The smallest absolute Gasteiger partial charge is 0.310 e. The summed E-state index contributed by atoms with van der Waals surface area (Å²) in [4.78, 5) is 23.5. The monoisotopic (exact) mass is 291 g/mol. The van der Waals surface area contributed by atoms with Gasteiger partial charge in [-0.1, -0.05) is 44.2 Å². The molecule has 0 aliphatic rings. The molecule has 0 fully saturated rings. The van der Waals surface area contributed by atoms with E-state index in [4.69, 9.17) is 0 Å². The zero-order valence-electron chi connectivity index (χ0n) is 13.2. The molecule has 4 heteroatoms. The van der Waals surface area contributed by atoms with Gasteiger partial charge >= 0.3 is 5.97 Å². The molecule has 1 aromatic rings. The second kappa shape index (κ2) is 7.25. The Bertz CT molecular complexity index is 484. The fourth-order valence-electron chi connectivity index (χ4n) is 2.20. The van der Waals surface area contributed by atoms with E-state index in [9.17, 15) is 14.7 Å². The number of nitrogens with one attached hydrogen (secondary N) is 1. The van der Waals surface area contributed by atoms with Crippen LogP contribution in [-0.4, -0.2) is 23.0 Å². The van der Waals surface area contributed by atoms with Gasteiger partial charge in [0.1, 0.15) is 0 Å². The number of hydrogen-bond donors (Lipinski definition) is 2. The molecule has 1 aromatic carbocycles. The quantitative estimate of drug-likeness (QED) is 0.811. The summed E-state index contributed by atoms with van der Waals surface area (Å²) in [6, 6.07) is 9.88. The lowest BCUT2D eigenvalue weighted by Crippen LogP contribution is -2.42. The highest BCUT2D eigenvalue weighted by Crippen LogP contribution is 2.31. The van der Waals surface area contributed by atoms with Gasteiger partial charge < -0.3 is 10.4 Å². The third kappa shape index (κ3) is 4.88. The van der Waals surface area contributed by atoms with Crippen molar-refractivity contribution in [1.29, 1.82) is 0 Å². The maximum absolute atomic E-state index is 12.1. The summed E-state index contributed by atoms with van der Waals surface area (Å²) in [5, 5.41) is 12.2. The number of rotatable bonds is 7. The number of hydrogen-bond acceptors (Lipinski definition) is 2. The zero-order chi connectivity index (χ0) is 16.0. The van der Waals surface area contributed by atoms with Gasteiger partial charge in [-0.15, -0.1) is 0 Å². The van der Waals surface area contributed by atoms with Crippen molar-refractivity contribution in [3.05, 3.63) is 35.9 Å². The molecule has 0 spiro atoms. The molecule has 0 aliphatic heterocycles. The first-order valence-electron chi connectivity index (χ1n) is 7.32. The summed E-state index contributed by atoms with van der Waals surface area (Å²) in [5.74, 6) is -1.24. The van der Waals surface area contributed by atoms with Crippen molar-refractivity contribution in [3.8, 4) is 0 Å². The number of carboxylic acids is 1. The van der Waals surface area contributed by atoms with Crippen molar-refractivity contribution < 1.29 is 14.7 Å². The zero-order valence-corrected chi connectivity index (χ0v) is 13.2. The van der Waals surface area contributed by atoms with Crippen LogP contribution in [0.1, 0.15) is 39.7 Å². The molecule has 0 radical (unpaired) electrons. The Kier molecular flexibility index (Phi) is 5.94. The number of carbonyl (C=O) groups is 2. The maximum atomic E-state index is 12.1. The first kappa shape index (κ1) is 17.2. The van der Waals surface area contributed by atoms with Crippen LogP contribution >= 0.6 is 0 Å². The predicted octanol–water partition coefficient (Wildman–Crippen LogP) is 2.87. The molecule has 1 amide bonds. The summed E-state index contributed by atoms with van der Waals surface area (Å²) in [6.45, 7) is 7.21. The number of carboxylic acid groups (broad SMARTS) is 1. The van der Waals surface area contributed by atoms with Crippen molar-refractivity contribution in [1.82, 2.24) is 5.32 Å². The van der Waals surface area contributed by atoms with Crippen molar-refractivity contribution in [3.63, 3.8) is 0 Å². The van der Waals surface area contributed by atoms with Crippen LogP contribution in [0.4, 0.5) is 0 Å². The molecular weight excluding hydrogens is 266 g/mol. The molecule has 0 aromatic heterocycles. The molecule has 0 saturated carbocycles. The minimum Gasteiger partial charge on any atom is -0.481 e. The first-order valence-corrected chi connectivity index (χ1v) is 7.32. The van der Waals surface area contributed by atoms with Gasteiger partial charge in [0, 0.05) is 12.5 Å². The summed E-state index contributed by atoms with van der Waals surface area (Å²) in [5.41, 5.74) is 0.117. The Morgan fingerprint density at radius 1 is 1.19 bits per heavy atom. The second-order valence-electron chi connectivity index (χ2n) is 6.21. The molecule has 1 rings (SSSR count). The van der Waals surface area contributed by atoms with E-state index in [2.05, 4.69) is 5.32 Å². The Balaban J connectivity index is 2.58. The number of aliphatic carboxylic acids is 1. The van der Waals surface area contributed by atoms with Gasteiger partial charge in [0.05, 0.1) is 5.41 Å². The largest absolute Gasteiger partial charge is 0.481 e. The molecular formula is C17H25NO3. The SMILES string of the molecule is CC(Cc1ccccc1)NC(=O)CC(C)(C(=O)O)C(C)C. The second-order valence-corrected chi connectivity index (χ2v) is 6.21. The van der Waals surface area contributed by atoms with Gasteiger partial charge in [-0.2, -0.15) is 0 Å². The van der Waals surface area contributed by atoms with Crippen LogP contribution in [-0.2, 0) is 16.0 Å². The number of carbonyl (C=O) groups excluding carboxylic acids is 1. The first-order chi connectivity index (χ1) is 9.75.